The lowest BCUT2D eigenvalue weighted by Gasteiger charge is -2.38. The molecule has 7 heteroatoms. The SMILES string of the molecule is CC(C)N(CC(=O)N1CCc2sccc2C1c1ccc(Cl)cc1)C(=O)C(Cl)c1ccccc1. The van der Waals surface area contributed by atoms with Crippen LogP contribution in [0.1, 0.15) is 46.8 Å². The number of nitrogens with zero attached hydrogens (tertiary/aromatic N) is 2. The third kappa shape index (κ3) is 5.11. The van der Waals surface area contributed by atoms with Crippen molar-refractivity contribution in [2.24, 2.45) is 0 Å². The number of hydrogen-bond donors (Lipinski definition) is 0. The molecule has 172 valence electrons. The molecule has 1 aromatic heterocycles. The molecular weight excluding hydrogens is 475 g/mol. The monoisotopic (exact) mass is 500 g/mol. The van der Waals surface area contributed by atoms with Gasteiger partial charge in [-0.05, 0) is 60.5 Å². The number of amides is 2. The normalized spacial score (nSPS) is 16.4. The zero-order chi connectivity index (χ0) is 23.5. The van der Waals surface area contributed by atoms with E-state index in [1.807, 2.05) is 73.3 Å². The first kappa shape index (κ1) is 23.8. The molecule has 0 aliphatic carbocycles. The predicted molar refractivity (Wildman–Crippen MR) is 135 cm³/mol. The molecule has 0 saturated carbocycles. The summed E-state index contributed by atoms with van der Waals surface area (Å²) in [5.41, 5.74) is 2.88. The number of thiophene rings is 1. The van der Waals surface area contributed by atoms with E-state index in [-0.39, 0.29) is 30.4 Å². The average molecular weight is 501 g/mol. The second-order valence-corrected chi connectivity index (χ2v) is 10.3. The summed E-state index contributed by atoms with van der Waals surface area (Å²) in [5, 5.41) is 1.89. The van der Waals surface area contributed by atoms with Gasteiger partial charge in [-0.2, -0.15) is 0 Å². The standard InChI is InChI=1S/C26H26Cl2N2O2S/c1-17(2)30(26(32)24(28)18-6-4-3-5-7-18)16-23(31)29-14-12-22-21(13-15-33-22)25(29)19-8-10-20(27)11-9-19/h3-11,13,15,17,24-25H,12,14,16H2,1-2H3. The second kappa shape index (κ2) is 10.3. The highest BCUT2D eigenvalue weighted by molar-refractivity contribution is 7.10. The highest BCUT2D eigenvalue weighted by Crippen LogP contribution is 2.38. The van der Waals surface area contributed by atoms with Crippen LogP contribution in [0.4, 0.5) is 0 Å². The Balaban J connectivity index is 1.59. The average Bonchev–Trinajstić information content (AvgIpc) is 3.31. The molecule has 0 bridgehead atoms. The van der Waals surface area contributed by atoms with E-state index in [1.165, 1.54) is 4.88 Å². The largest absolute Gasteiger partial charge is 0.330 e. The first-order chi connectivity index (χ1) is 15.9. The summed E-state index contributed by atoms with van der Waals surface area (Å²) in [6.07, 6.45) is 0.806. The Morgan fingerprint density at radius 1 is 1.09 bits per heavy atom. The number of rotatable bonds is 6. The van der Waals surface area contributed by atoms with Crippen molar-refractivity contribution in [3.05, 3.63) is 92.6 Å². The van der Waals surface area contributed by atoms with Gasteiger partial charge in [0.1, 0.15) is 11.9 Å². The van der Waals surface area contributed by atoms with Crippen LogP contribution in [-0.2, 0) is 16.0 Å². The number of benzene rings is 2. The van der Waals surface area contributed by atoms with Crippen molar-refractivity contribution in [2.75, 3.05) is 13.1 Å². The van der Waals surface area contributed by atoms with E-state index in [0.29, 0.717) is 11.6 Å². The fourth-order valence-electron chi connectivity index (χ4n) is 4.25. The van der Waals surface area contributed by atoms with Crippen molar-refractivity contribution < 1.29 is 9.59 Å². The molecule has 33 heavy (non-hydrogen) atoms. The van der Waals surface area contributed by atoms with E-state index in [4.69, 9.17) is 23.2 Å². The molecular formula is C26H26Cl2N2O2S. The summed E-state index contributed by atoms with van der Waals surface area (Å²) in [5.74, 6) is -0.353. The van der Waals surface area contributed by atoms with Gasteiger partial charge in [-0.3, -0.25) is 9.59 Å². The first-order valence-electron chi connectivity index (χ1n) is 11.0. The third-order valence-corrected chi connectivity index (χ3v) is 7.68. The predicted octanol–water partition coefficient (Wildman–Crippen LogP) is 6.09. The van der Waals surface area contributed by atoms with Gasteiger partial charge >= 0.3 is 0 Å². The molecule has 2 heterocycles. The van der Waals surface area contributed by atoms with E-state index < -0.39 is 5.38 Å². The molecule has 2 unspecified atom stereocenters. The van der Waals surface area contributed by atoms with Crippen LogP contribution in [-0.4, -0.2) is 40.7 Å². The molecule has 0 fully saturated rings. The number of alkyl halides is 1. The molecule has 0 spiro atoms. The fraction of sp³-hybridized carbons (Fsp3) is 0.308. The van der Waals surface area contributed by atoms with Crippen LogP contribution >= 0.6 is 34.5 Å². The van der Waals surface area contributed by atoms with E-state index in [9.17, 15) is 9.59 Å². The zero-order valence-electron chi connectivity index (χ0n) is 18.6. The number of carbonyl (C=O) groups excluding carboxylic acids is 2. The van der Waals surface area contributed by atoms with Crippen LogP contribution < -0.4 is 0 Å². The first-order valence-corrected chi connectivity index (χ1v) is 12.7. The Hall–Kier alpha value is -2.34. The van der Waals surface area contributed by atoms with Gasteiger partial charge in [-0.1, -0.05) is 54.1 Å². The summed E-state index contributed by atoms with van der Waals surface area (Å²) in [4.78, 5) is 31.6. The highest BCUT2D eigenvalue weighted by Gasteiger charge is 2.35. The lowest BCUT2D eigenvalue weighted by Crippen LogP contribution is -2.49. The summed E-state index contributed by atoms with van der Waals surface area (Å²) in [6.45, 7) is 4.39. The van der Waals surface area contributed by atoms with Gasteiger partial charge < -0.3 is 9.80 Å². The summed E-state index contributed by atoms with van der Waals surface area (Å²) in [6, 6.07) is 18.6. The van der Waals surface area contributed by atoms with Crippen LogP contribution in [0.15, 0.2) is 66.0 Å². The van der Waals surface area contributed by atoms with Gasteiger partial charge in [-0.25, -0.2) is 0 Å². The van der Waals surface area contributed by atoms with Gasteiger partial charge in [0.2, 0.25) is 11.8 Å². The molecule has 2 atom stereocenters. The maximum atomic E-state index is 13.6. The van der Waals surface area contributed by atoms with Crippen molar-refractivity contribution in [3.63, 3.8) is 0 Å². The smallest absolute Gasteiger partial charge is 0.245 e. The fourth-order valence-corrected chi connectivity index (χ4v) is 5.55. The number of halogens is 2. The number of fused-ring (bicyclic) bond motifs is 1. The Kier molecular flexibility index (Phi) is 7.42. The van der Waals surface area contributed by atoms with Crippen LogP contribution in [0.5, 0.6) is 0 Å². The third-order valence-electron chi connectivity index (χ3n) is 5.99. The molecule has 0 saturated heterocycles. The van der Waals surface area contributed by atoms with Crippen LogP contribution in [0.2, 0.25) is 5.02 Å². The summed E-state index contributed by atoms with van der Waals surface area (Å²) >= 11 is 14.4. The topological polar surface area (TPSA) is 40.6 Å². The minimum atomic E-state index is -0.835. The Labute approximate surface area is 208 Å². The van der Waals surface area contributed by atoms with Crippen molar-refractivity contribution in [2.45, 2.75) is 37.7 Å². The van der Waals surface area contributed by atoms with E-state index in [1.54, 1.807) is 16.2 Å². The lowest BCUT2D eigenvalue weighted by molar-refractivity contribution is -0.143. The number of hydrogen-bond acceptors (Lipinski definition) is 3. The van der Waals surface area contributed by atoms with Gasteiger partial charge in [0.15, 0.2) is 0 Å². The Bertz CT molecular complexity index is 1110. The van der Waals surface area contributed by atoms with Crippen molar-refractivity contribution in [3.8, 4) is 0 Å². The van der Waals surface area contributed by atoms with E-state index in [0.717, 1.165) is 23.1 Å². The number of carbonyl (C=O) groups is 2. The molecule has 3 aromatic rings. The van der Waals surface area contributed by atoms with Crippen molar-refractivity contribution >= 4 is 46.4 Å². The molecule has 1 aliphatic rings. The quantitative estimate of drug-likeness (QED) is 0.384. The molecule has 1 aliphatic heterocycles. The van der Waals surface area contributed by atoms with Gasteiger partial charge in [0.05, 0.1) is 6.04 Å². The molecule has 2 aromatic carbocycles. The Morgan fingerprint density at radius 3 is 2.45 bits per heavy atom. The second-order valence-electron chi connectivity index (χ2n) is 8.42. The minimum absolute atomic E-state index is 0.0177. The van der Waals surface area contributed by atoms with Crippen molar-refractivity contribution in [1.29, 1.82) is 0 Å². The summed E-state index contributed by atoms with van der Waals surface area (Å²) in [7, 11) is 0. The van der Waals surface area contributed by atoms with Crippen molar-refractivity contribution in [1.82, 2.24) is 9.80 Å². The zero-order valence-corrected chi connectivity index (χ0v) is 20.9. The molecule has 0 radical (unpaired) electrons. The lowest BCUT2D eigenvalue weighted by atomic mass is 9.93. The van der Waals surface area contributed by atoms with Crippen LogP contribution in [0.3, 0.4) is 0 Å². The maximum absolute atomic E-state index is 13.6. The van der Waals surface area contributed by atoms with Gasteiger partial charge in [0.25, 0.3) is 0 Å². The van der Waals surface area contributed by atoms with Crippen LogP contribution in [0.25, 0.3) is 0 Å². The van der Waals surface area contributed by atoms with Crippen LogP contribution in [0, 0.1) is 0 Å². The van der Waals surface area contributed by atoms with Gasteiger partial charge in [0, 0.05) is 22.5 Å². The molecule has 4 rings (SSSR count). The van der Waals surface area contributed by atoms with Gasteiger partial charge in [-0.15, -0.1) is 22.9 Å². The molecule has 0 N–H and O–H groups in total. The minimum Gasteiger partial charge on any atom is -0.330 e. The van der Waals surface area contributed by atoms with E-state index in [2.05, 4.69) is 11.4 Å². The summed E-state index contributed by atoms with van der Waals surface area (Å²) < 4.78 is 0. The molecule has 4 nitrogen and oxygen atoms in total. The maximum Gasteiger partial charge on any atom is 0.245 e. The highest BCUT2D eigenvalue weighted by atomic mass is 35.5. The Morgan fingerprint density at radius 2 is 1.79 bits per heavy atom. The van der Waals surface area contributed by atoms with E-state index >= 15 is 0 Å². The molecule has 2 amide bonds.